The summed E-state index contributed by atoms with van der Waals surface area (Å²) in [6.45, 7) is 6.40. The summed E-state index contributed by atoms with van der Waals surface area (Å²) in [7, 11) is 0. The Bertz CT molecular complexity index is 713. The molecule has 1 saturated heterocycles. The zero-order valence-corrected chi connectivity index (χ0v) is 17.2. The van der Waals surface area contributed by atoms with Crippen molar-refractivity contribution in [3.63, 3.8) is 0 Å². The zero-order valence-electron chi connectivity index (χ0n) is 15.7. The molecule has 0 aromatic heterocycles. The quantitative estimate of drug-likeness (QED) is 0.713. The number of likely N-dealkylation sites (tertiary alicyclic amines) is 1. The molecule has 0 bridgehead atoms. The number of hydrogen-bond donors (Lipinski definition) is 1. The highest BCUT2D eigenvalue weighted by molar-refractivity contribution is 6.33. The van der Waals surface area contributed by atoms with E-state index in [1.165, 1.54) is 12.8 Å². The fraction of sp³-hybridized carbons (Fsp3) is 0.381. The minimum Gasteiger partial charge on any atom is -0.319 e. The minimum absolute atomic E-state index is 0. The van der Waals surface area contributed by atoms with Gasteiger partial charge >= 0.3 is 6.03 Å². The van der Waals surface area contributed by atoms with Gasteiger partial charge in [0.1, 0.15) is 0 Å². The van der Waals surface area contributed by atoms with Gasteiger partial charge in [-0.15, -0.1) is 12.4 Å². The summed E-state index contributed by atoms with van der Waals surface area (Å²) < 4.78 is 0. The summed E-state index contributed by atoms with van der Waals surface area (Å²) in [4.78, 5) is 17.3. The highest BCUT2D eigenvalue weighted by Gasteiger charge is 2.19. The molecular weight excluding hydrogens is 381 g/mol. The lowest BCUT2D eigenvalue weighted by Crippen LogP contribution is -2.40. The van der Waals surface area contributed by atoms with Gasteiger partial charge in [0, 0.05) is 19.6 Å². The average Bonchev–Trinajstić information content (AvgIpc) is 3.16. The number of urea groups is 1. The number of anilines is 1. The lowest BCUT2D eigenvalue weighted by Gasteiger charge is -2.26. The summed E-state index contributed by atoms with van der Waals surface area (Å²) in [5, 5.41) is 3.58. The van der Waals surface area contributed by atoms with Crippen molar-refractivity contribution in [2.45, 2.75) is 26.3 Å². The third-order valence-electron chi connectivity index (χ3n) is 4.84. The van der Waals surface area contributed by atoms with Gasteiger partial charge in [-0.1, -0.05) is 54.1 Å². The van der Waals surface area contributed by atoms with Crippen molar-refractivity contribution < 1.29 is 4.79 Å². The van der Waals surface area contributed by atoms with E-state index in [4.69, 9.17) is 11.6 Å². The van der Waals surface area contributed by atoms with Gasteiger partial charge in [0.2, 0.25) is 0 Å². The van der Waals surface area contributed by atoms with Crippen LogP contribution in [0.25, 0.3) is 0 Å². The van der Waals surface area contributed by atoms with Crippen LogP contribution in [0, 0.1) is 6.92 Å². The van der Waals surface area contributed by atoms with Crippen molar-refractivity contribution in [2.75, 3.05) is 31.5 Å². The normalized spacial score (nSPS) is 13.9. The van der Waals surface area contributed by atoms with Crippen LogP contribution in [0.3, 0.4) is 0 Å². The molecule has 1 heterocycles. The molecule has 3 rings (SSSR count). The molecular formula is C21H27Cl2N3O. The van der Waals surface area contributed by atoms with Gasteiger partial charge < -0.3 is 15.1 Å². The number of benzene rings is 2. The van der Waals surface area contributed by atoms with E-state index < -0.39 is 0 Å². The standard InChI is InChI=1S/C21H26ClN3O.ClH/c1-17-8-7-11-19(22)20(17)23-21(26)25(15-14-24-12-5-6-13-24)16-18-9-3-2-4-10-18;/h2-4,7-11H,5-6,12-16H2,1H3,(H,23,26);1H. The van der Waals surface area contributed by atoms with Crippen molar-refractivity contribution in [3.05, 3.63) is 64.7 Å². The maximum atomic E-state index is 13.0. The molecule has 0 unspecified atom stereocenters. The first-order valence-electron chi connectivity index (χ1n) is 9.21. The highest BCUT2D eigenvalue weighted by atomic mass is 35.5. The smallest absolute Gasteiger partial charge is 0.319 e. The maximum absolute atomic E-state index is 13.0. The Kier molecular flexibility index (Phi) is 8.42. The van der Waals surface area contributed by atoms with Crippen molar-refractivity contribution in [3.8, 4) is 0 Å². The van der Waals surface area contributed by atoms with E-state index >= 15 is 0 Å². The van der Waals surface area contributed by atoms with Crippen molar-refractivity contribution in [1.82, 2.24) is 9.80 Å². The molecule has 1 aliphatic heterocycles. The summed E-state index contributed by atoms with van der Waals surface area (Å²) >= 11 is 6.28. The lowest BCUT2D eigenvalue weighted by atomic mass is 10.2. The molecule has 146 valence electrons. The van der Waals surface area contributed by atoms with E-state index in [2.05, 4.69) is 22.3 Å². The monoisotopic (exact) mass is 407 g/mol. The minimum atomic E-state index is -0.107. The van der Waals surface area contributed by atoms with E-state index in [0.717, 1.165) is 30.8 Å². The summed E-state index contributed by atoms with van der Waals surface area (Å²) in [6.07, 6.45) is 2.51. The molecule has 0 atom stereocenters. The number of rotatable bonds is 6. The van der Waals surface area contributed by atoms with Crippen molar-refractivity contribution in [2.24, 2.45) is 0 Å². The van der Waals surface area contributed by atoms with E-state index in [-0.39, 0.29) is 18.4 Å². The van der Waals surface area contributed by atoms with Gasteiger partial charge in [-0.3, -0.25) is 0 Å². The number of hydrogen-bond acceptors (Lipinski definition) is 2. The SMILES string of the molecule is Cc1cccc(Cl)c1NC(=O)N(CCN1CCCC1)Cc1ccccc1.Cl. The second-order valence-corrected chi connectivity index (χ2v) is 7.22. The first kappa shape index (κ1) is 21.5. The molecule has 4 nitrogen and oxygen atoms in total. The highest BCUT2D eigenvalue weighted by Crippen LogP contribution is 2.25. The van der Waals surface area contributed by atoms with Crippen LogP contribution >= 0.6 is 24.0 Å². The van der Waals surface area contributed by atoms with Crippen molar-refractivity contribution in [1.29, 1.82) is 0 Å². The van der Waals surface area contributed by atoms with Crippen LogP contribution in [0.4, 0.5) is 10.5 Å². The van der Waals surface area contributed by atoms with Crippen LogP contribution in [0.5, 0.6) is 0 Å². The van der Waals surface area contributed by atoms with E-state index in [0.29, 0.717) is 23.8 Å². The predicted octanol–water partition coefficient (Wildman–Crippen LogP) is 5.20. The molecule has 2 amide bonds. The van der Waals surface area contributed by atoms with Crippen LogP contribution in [-0.2, 0) is 6.54 Å². The number of nitrogens with zero attached hydrogens (tertiary/aromatic N) is 2. The second-order valence-electron chi connectivity index (χ2n) is 6.82. The molecule has 6 heteroatoms. The molecule has 0 aliphatic carbocycles. The van der Waals surface area contributed by atoms with Crippen LogP contribution in [0.15, 0.2) is 48.5 Å². The van der Waals surface area contributed by atoms with Gasteiger partial charge in [0.05, 0.1) is 10.7 Å². The van der Waals surface area contributed by atoms with Crippen LogP contribution in [0.1, 0.15) is 24.0 Å². The molecule has 0 radical (unpaired) electrons. The van der Waals surface area contributed by atoms with E-state index in [9.17, 15) is 4.79 Å². The fourth-order valence-corrected chi connectivity index (χ4v) is 3.57. The Balaban J connectivity index is 0.00000261. The summed E-state index contributed by atoms with van der Waals surface area (Å²) in [5.41, 5.74) is 2.78. The first-order valence-corrected chi connectivity index (χ1v) is 9.58. The molecule has 1 fully saturated rings. The Labute approximate surface area is 172 Å². The number of aryl methyl sites for hydroxylation is 1. The largest absolute Gasteiger partial charge is 0.322 e. The van der Waals surface area contributed by atoms with Gasteiger partial charge in [0.25, 0.3) is 0 Å². The summed E-state index contributed by atoms with van der Waals surface area (Å²) in [5.74, 6) is 0. The molecule has 1 aliphatic rings. The molecule has 2 aromatic carbocycles. The lowest BCUT2D eigenvalue weighted by molar-refractivity contribution is 0.198. The third-order valence-corrected chi connectivity index (χ3v) is 5.16. The van der Waals surface area contributed by atoms with E-state index in [1.807, 2.05) is 42.2 Å². The Morgan fingerprint density at radius 2 is 1.81 bits per heavy atom. The number of halogens is 2. The number of nitrogens with one attached hydrogen (secondary N) is 1. The van der Waals surface area contributed by atoms with Crippen LogP contribution < -0.4 is 5.32 Å². The maximum Gasteiger partial charge on any atom is 0.322 e. The number of para-hydroxylation sites is 1. The molecule has 2 aromatic rings. The molecule has 0 saturated carbocycles. The zero-order chi connectivity index (χ0) is 18.4. The average molecular weight is 408 g/mol. The van der Waals surface area contributed by atoms with Gasteiger partial charge in [-0.05, 0) is 50.0 Å². The number of carbonyl (C=O) groups excluding carboxylic acids is 1. The van der Waals surface area contributed by atoms with Gasteiger partial charge in [-0.25, -0.2) is 4.79 Å². The van der Waals surface area contributed by atoms with Gasteiger partial charge in [-0.2, -0.15) is 0 Å². The predicted molar refractivity (Wildman–Crippen MR) is 115 cm³/mol. The van der Waals surface area contributed by atoms with Crippen LogP contribution in [-0.4, -0.2) is 42.0 Å². The number of amides is 2. The van der Waals surface area contributed by atoms with E-state index in [1.54, 1.807) is 6.07 Å². The molecule has 1 N–H and O–H groups in total. The Morgan fingerprint density at radius 1 is 1.11 bits per heavy atom. The fourth-order valence-electron chi connectivity index (χ4n) is 3.30. The van der Waals surface area contributed by atoms with Crippen molar-refractivity contribution >= 4 is 35.7 Å². The number of carbonyl (C=O) groups is 1. The second kappa shape index (κ2) is 10.5. The molecule has 0 spiro atoms. The Morgan fingerprint density at radius 3 is 2.48 bits per heavy atom. The van der Waals surface area contributed by atoms with Crippen LogP contribution in [0.2, 0.25) is 5.02 Å². The molecule has 27 heavy (non-hydrogen) atoms. The van der Waals surface area contributed by atoms with Gasteiger partial charge in [0.15, 0.2) is 0 Å². The third kappa shape index (κ3) is 6.13. The Hall–Kier alpha value is -1.75. The topological polar surface area (TPSA) is 35.6 Å². The first-order chi connectivity index (χ1) is 12.6. The summed E-state index contributed by atoms with van der Waals surface area (Å²) in [6, 6.07) is 15.6.